The number of hydrogen-bond donors (Lipinski definition) is 0. The molecule has 24 heavy (non-hydrogen) atoms. The highest BCUT2D eigenvalue weighted by Crippen LogP contribution is 2.28. The van der Waals surface area contributed by atoms with Crippen molar-refractivity contribution in [1.82, 2.24) is 4.57 Å². The predicted octanol–water partition coefficient (Wildman–Crippen LogP) is 4.82. The molecule has 4 aromatic rings. The molecular weight excluding hydrogens is 294 g/mol. The van der Waals surface area contributed by atoms with Crippen molar-refractivity contribution in [2.24, 2.45) is 0 Å². The van der Waals surface area contributed by atoms with E-state index < -0.39 is 0 Å². The second-order valence-electron chi connectivity index (χ2n) is 6.34. The van der Waals surface area contributed by atoms with Gasteiger partial charge in [-0.3, -0.25) is 4.79 Å². The van der Waals surface area contributed by atoms with Crippen molar-refractivity contribution in [3.8, 4) is 0 Å². The van der Waals surface area contributed by atoms with Crippen LogP contribution in [0, 0.1) is 13.8 Å². The Kier molecular flexibility index (Phi) is 3.46. The summed E-state index contributed by atoms with van der Waals surface area (Å²) < 4.78 is 1.90. The lowest BCUT2D eigenvalue weighted by atomic mass is 9.98. The summed E-state index contributed by atoms with van der Waals surface area (Å²) in [5.74, 6) is 0. The maximum absolute atomic E-state index is 13.2. The lowest BCUT2D eigenvalue weighted by Gasteiger charge is -2.16. The fourth-order valence-corrected chi connectivity index (χ4v) is 3.56. The van der Waals surface area contributed by atoms with Gasteiger partial charge in [-0.2, -0.15) is 0 Å². The minimum Gasteiger partial charge on any atom is -0.303 e. The maximum Gasteiger partial charge on any atom is 0.259 e. The van der Waals surface area contributed by atoms with Crippen LogP contribution in [0.15, 0.2) is 71.5 Å². The average molecular weight is 313 g/mol. The van der Waals surface area contributed by atoms with Crippen LogP contribution in [0.5, 0.6) is 0 Å². The second-order valence-corrected chi connectivity index (χ2v) is 6.34. The minimum absolute atomic E-state index is 0.0793. The first-order chi connectivity index (χ1) is 11.7. The summed E-state index contributed by atoms with van der Waals surface area (Å²) in [5, 5.41) is 3.06. The number of benzene rings is 3. The van der Waals surface area contributed by atoms with Gasteiger partial charge in [-0.25, -0.2) is 0 Å². The van der Waals surface area contributed by atoms with Gasteiger partial charge in [-0.1, -0.05) is 54.6 Å². The molecular formula is C22H19NO. The number of aryl methyl sites for hydroxylation is 2. The van der Waals surface area contributed by atoms with E-state index in [1.807, 2.05) is 41.0 Å². The van der Waals surface area contributed by atoms with Crippen LogP contribution in [0.1, 0.15) is 16.7 Å². The average Bonchev–Trinajstić information content (AvgIpc) is 2.60. The lowest BCUT2D eigenvalue weighted by molar-refractivity contribution is 0.802. The van der Waals surface area contributed by atoms with Crippen molar-refractivity contribution in [2.75, 3.05) is 0 Å². The molecule has 0 bridgehead atoms. The van der Waals surface area contributed by atoms with Crippen molar-refractivity contribution in [3.05, 3.63) is 93.8 Å². The second kappa shape index (κ2) is 5.64. The van der Waals surface area contributed by atoms with Gasteiger partial charge >= 0.3 is 0 Å². The van der Waals surface area contributed by atoms with Crippen LogP contribution >= 0.6 is 0 Å². The molecule has 0 radical (unpaired) electrons. The zero-order chi connectivity index (χ0) is 16.7. The van der Waals surface area contributed by atoms with E-state index in [4.69, 9.17) is 0 Å². The molecule has 0 aliphatic carbocycles. The summed E-state index contributed by atoms with van der Waals surface area (Å²) in [6.45, 7) is 4.78. The Morgan fingerprint density at radius 3 is 2.17 bits per heavy atom. The SMILES string of the molecule is Cc1cccc2c(=O)n(Cc3ccccc3)c3cccc(C)c3c12. The third kappa shape index (κ3) is 2.23. The smallest absolute Gasteiger partial charge is 0.259 e. The van der Waals surface area contributed by atoms with E-state index in [1.165, 1.54) is 10.9 Å². The normalized spacial score (nSPS) is 11.2. The highest BCUT2D eigenvalue weighted by atomic mass is 16.1. The molecule has 0 spiro atoms. The molecule has 118 valence electrons. The van der Waals surface area contributed by atoms with Crippen molar-refractivity contribution in [2.45, 2.75) is 20.4 Å². The lowest BCUT2D eigenvalue weighted by Crippen LogP contribution is -2.22. The molecule has 0 atom stereocenters. The van der Waals surface area contributed by atoms with Crippen molar-refractivity contribution >= 4 is 21.7 Å². The van der Waals surface area contributed by atoms with Gasteiger partial charge in [0.15, 0.2) is 0 Å². The maximum atomic E-state index is 13.2. The number of hydrogen-bond acceptors (Lipinski definition) is 1. The summed E-state index contributed by atoms with van der Waals surface area (Å²) in [6.07, 6.45) is 0. The van der Waals surface area contributed by atoms with E-state index in [9.17, 15) is 4.79 Å². The summed E-state index contributed by atoms with van der Waals surface area (Å²) in [6, 6.07) is 22.3. The fraction of sp³-hybridized carbons (Fsp3) is 0.136. The van der Waals surface area contributed by atoms with Gasteiger partial charge < -0.3 is 4.57 Å². The van der Waals surface area contributed by atoms with E-state index in [0.29, 0.717) is 6.54 Å². The molecule has 0 amide bonds. The van der Waals surface area contributed by atoms with Crippen LogP contribution in [0.25, 0.3) is 21.7 Å². The van der Waals surface area contributed by atoms with Crippen LogP contribution in [0.2, 0.25) is 0 Å². The highest BCUT2D eigenvalue weighted by Gasteiger charge is 2.13. The van der Waals surface area contributed by atoms with E-state index in [0.717, 1.165) is 27.4 Å². The third-order valence-corrected chi connectivity index (χ3v) is 4.72. The monoisotopic (exact) mass is 313 g/mol. The molecule has 0 unspecified atom stereocenters. The van der Waals surface area contributed by atoms with Crippen molar-refractivity contribution in [1.29, 1.82) is 0 Å². The van der Waals surface area contributed by atoms with Crippen molar-refractivity contribution in [3.63, 3.8) is 0 Å². The standard InChI is InChI=1S/C22H19NO/c1-15-8-6-12-18-20(15)21-16(2)9-7-13-19(21)23(22(18)24)14-17-10-4-3-5-11-17/h3-13H,14H2,1-2H3. The van der Waals surface area contributed by atoms with E-state index in [2.05, 4.69) is 44.2 Å². The summed E-state index contributed by atoms with van der Waals surface area (Å²) in [4.78, 5) is 13.2. The van der Waals surface area contributed by atoms with Crippen LogP contribution < -0.4 is 5.56 Å². The van der Waals surface area contributed by atoms with E-state index in [1.54, 1.807) is 0 Å². The van der Waals surface area contributed by atoms with E-state index >= 15 is 0 Å². The Morgan fingerprint density at radius 1 is 0.750 bits per heavy atom. The zero-order valence-corrected chi connectivity index (χ0v) is 13.9. The topological polar surface area (TPSA) is 22.0 Å². The number of pyridine rings is 1. The third-order valence-electron chi connectivity index (χ3n) is 4.72. The Bertz CT molecular complexity index is 1110. The Balaban J connectivity index is 2.15. The van der Waals surface area contributed by atoms with Gasteiger partial charge in [0.25, 0.3) is 5.56 Å². The van der Waals surface area contributed by atoms with Gasteiger partial charge in [0.1, 0.15) is 0 Å². The predicted molar refractivity (Wildman–Crippen MR) is 101 cm³/mol. The molecule has 2 heteroatoms. The first-order valence-electron chi connectivity index (χ1n) is 8.22. The fourth-order valence-electron chi connectivity index (χ4n) is 3.56. The van der Waals surface area contributed by atoms with Gasteiger partial charge in [-0.15, -0.1) is 0 Å². The molecule has 2 nitrogen and oxygen atoms in total. The molecule has 3 aromatic carbocycles. The quantitative estimate of drug-likeness (QED) is 0.486. The number of aromatic nitrogens is 1. The largest absolute Gasteiger partial charge is 0.303 e. The molecule has 1 aromatic heterocycles. The summed E-state index contributed by atoms with van der Waals surface area (Å²) in [7, 11) is 0. The number of fused-ring (bicyclic) bond motifs is 3. The van der Waals surface area contributed by atoms with Crippen molar-refractivity contribution < 1.29 is 0 Å². The first-order valence-corrected chi connectivity index (χ1v) is 8.22. The van der Waals surface area contributed by atoms with Crippen LogP contribution in [0.3, 0.4) is 0 Å². The molecule has 0 aliphatic rings. The Hall–Kier alpha value is -2.87. The molecule has 0 saturated heterocycles. The van der Waals surface area contributed by atoms with Crippen LogP contribution in [-0.4, -0.2) is 4.57 Å². The minimum atomic E-state index is 0.0793. The highest BCUT2D eigenvalue weighted by molar-refractivity contribution is 6.08. The Morgan fingerprint density at radius 2 is 1.42 bits per heavy atom. The van der Waals surface area contributed by atoms with E-state index in [-0.39, 0.29) is 5.56 Å². The van der Waals surface area contributed by atoms with Gasteiger partial charge in [0.05, 0.1) is 12.1 Å². The van der Waals surface area contributed by atoms with Gasteiger partial charge in [-0.05, 0) is 48.1 Å². The van der Waals surface area contributed by atoms with Crippen LogP contribution in [-0.2, 0) is 6.54 Å². The molecule has 0 aliphatic heterocycles. The molecule has 1 heterocycles. The first kappa shape index (κ1) is 14.7. The molecule has 0 N–H and O–H groups in total. The van der Waals surface area contributed by atoms with Gasteiger partial charge in [0, 0.05) is 10.8 Å². The van der Waals surface area contributed by atoms with Gasteiger partial charge in [0.2, 0.25) is 0 Å². The number of rotatable bonds is 2. The summed E-state index contributed by atoms with van der Waals surface area (Å²) >= 11 is 0. The number of nitrogens with zero attached hydrogens (tertiary/aromatic N) is 1. The molecule has 0 fully saturated rings. The summed E-state index contributed by atoms with van der Waals surface area (Å²) in [5.41, 5.74) is 4.57. The zero-order valence-electron chi connectivity index (χ0n) is 13.9. The molecule has 0 saturated carbocycles. The molecule has 4 rings (SSSR count). The van der Waals surface area contributed by atoms with Crippen LogP contribution in [0.4, 0.5) is 0 Å². The Labute approximate surface area is 141 Å².